The van der Waals surface area contributed by atoms with Gasteiger partial charge in [0, 0.05) is 24.5 Å². The molecule has 170 valence electrons. The van der Waals surface area contributed by atoms with Crippen molar-refractivity contribution in [2.24, 2.45) is 23.2 Å². The summed E-state index contributed by atoms with van der Waals surface area (Å²) in [5, 5.41) is 3.43. The van der Waals surface area contributed by atoms with Crippen molar-refractivity contribution in [3.05, 3.63) is 53.1 Å². The first-order chi connectivity index (χ1) is 15.3. The molecule has 1 aromatic rings. The highest BCUT2D eigenvalue weighted by Gasteiger charge is 2.56. The van der Waals surface area contributed by atoms with E-state index in [1.165, 1.54) is 12.5 Å². The first-order valence-corrected chi connectivity index (χ1v) is 12.2. The van der Waals surface area contributed by atoms with E-state index in [0.717, 1.165) is 56.1 Å². The van der Waals surface area contributed by atoms with Crippen molar-refractivity contribution in [2.45, 2.75) is 77.4 Å². The van der Waals surface area contributed by atoms with Crippen LogP contribution in [-0.4, -0.2) is 23.5 Å². The molecular weight excluding hydrogens is 398 g/mol. The SMILES string of the molecule is CC(=O)O[C@H]1CC[C@@]2(C)C(=CC[C@@H]3[C@@H]2CC[C@]2(C)NC(=O)/C(=C\c4ccccc4)C[C@@H]32)C1. The quantitative estimate of drug-likeness (QED) is 0.384. The summed E-state index contributed by atoms with van der Waals surface area (Å²) in [4.78, 5) is 24.5. The number of rotatable bonds is 2. The number of carbonyl (C=O) groups excluding carboxylic acids is 2. The molecule has 0 unspecified atom stereocenters. The lowest BCUT2D eigenvalue weighted by Gasteiger charge is -2.60. The Morgan fingerprint density at radius 2 is 1.88 bits per heavy atom. The van der Waals surface area contributed by atoms with Crippen LogP contribution in [0.4, 0.5) is 0 Å². The van der Waals surface area contributed by atoms with E-state index in [-0.39, 0.29) is 28.9 Å². The van der Waals surface area contributed by atoms with Crippen LogP contribution in [0.15, 0.2) is 47.6 Å². The summed E-state index contributed by atoms with van der Waals surface area (Å²) >= 11 is 0. The van der Waals surface area contributed by atoms with Crippen LogP contribution in [0.2, 0.25) is 0 Å². The van der Waals surface area contributed by atoms with Crippen LogP contribution >= 0.6 is 0 Å². The molecule has 2 saturated carbocycles. The van der Waals surface area contributed by atoms with Crippen LogP contribution in [0.5, 0.6) is 0 Å². The molecule has 1 heterocycles. The molecule has 6 atom stereocenters. The summed E-state index contributed by atoms with van der Waals surface area (Å²) in [5.74, 6) is 1.59. The molecular formula is C28H35NO3. The van der Waals surface area contributed by atoms with Gasteiger partial charge in [0.05, 0.1) is 0 Å². The van der Waals surface area contributed by atoms with Gasteiger partial charge in [-0.25, -0.2) is 0 Å². The van der Waals surface area contributed by atoms with Crippen LogP contribution in [0.25, 0.3) is 6.08 Å². The van der Waals surface area contributed by atoms with Crippen molar-refractivity contribution < 1.29 is 14.3 Å². The molecule has 0 bridgehead atoms. The van der Waals surface area contributed by atoms with Crippen molar-refractivity contribution in [3.63, 3.8) is 0 Å². The topological polar surface area (TPSA) is 55.4 Å². The van der Waals surface area contributed by atoms with Crippen molar-refractivity contribution in [1.29, 1.82) is 0 Å². The zero-order chi connectivity index (χ0) is 22.5. The van der Waals surface area contributed by atoms with Crippen molar-refractivity contribution in [3.8, 4) is 0 Å². The molecule has 0 spiro atoms. The highest BCUT2D eigenvalue weighted by atomic mass is 16.5. The number of allylic oxidation sites excluding steroid dienone is 1. The Kier molecular flexibility index (Phi) is 5.30. The number of amides is 1. The fourth-order valence-corrected chi connectivity index (χ4v) is 7.36. The molecule has 32 heavy (non-hydrogen) atoms. The summed E-state index contributed by atoms with van der Waals surface area (Å²) < 4.78 is 5.57. The first kappa shape index (κ1) is 21.5. The zero-order valence-electron chi connectivity index (χ0n) is 19.5. The maximum absolute atomic E-state index is 13.0. The maximum Gasteiger partial charge on any atom is 0.302 e. The third-order valence-corrected chi connectivity index (χ3v) is 9.05. The molecule has 1 saturated heterocycles. The molecule has 3 fully saturated rings. The number of fused-ring (bicyclic) bond motifs is 5. The first-order valence-electron chi connectivity index (χ1n) is 12.2. The molecule has 1 aliphatic heterocycles. The van der Waals surface area contributed by atoms with Gasteiger partial charge in [-0.1, -0.05) is 48.9 Å². The van der Waals surface area contributed by atoms with E-state index in [9.17, 15) is 9.59 Å². The van der Waals surface area contributed by atoms with Gasteiger partial charge < -0.3 is 10.1 Å². The monoisotopic (exact) mass is 433 g/mol. The number of carbonyl (C=O) groups is 2. The van der Waals surface area contributed by atoms with Crippen LogP contribution in [0.1, 0.15) is 71.3 Å². The molecule has 5 rings (SSSR count). The molecule has 4 nitrogen and oxygen atoms in total. The minimum absolute atomic E-state index is 0.0339. The average Bonchev–Trinajstić information content (AvgIpc) is 2.75. The van der Waals surface area contributed by atoms with Crippen LogP contribution in [0.3, 0.4) is 0 Å². The molecule has 4 aliphatic rings. The molecule has 0 aromatic heterocycles. The molecule has 1 N–H and O–H groups in total. The molecule has 4 heteroatoms. The second-order valence-electron chi connectivity index (χ2n) is 10.9. The maximum atomic E-state index is 13.0. The number of hydrogen-bond acceptors (Lipinski definition) is 3. The van der Waals surface area contributed by atoms with E-state index in [1.807, 2.05) is 18.2 Å². The Balaban J connectivity index is 1.42. The van der Waals surface area contributed by atoms with Gasteiger partial charge in [0.15, 0.2) is 0 Å². The summed E-state index contributed by atoms with van der Waals surface area (Å²) in [5.41, 5.74) is 3.57. The van der Waals surface area contributed by atoms with E-state index >= 15 is 0 Å². The Morgan fingerprint density at radius 3 is 2.62 bits per heavy atom. The fourth-order valence-electron chi connectivity index (χ4n) is 7.36. The second kappa shape index (κ2) is 7.90. The Labute approximate surface area is 191 Å². The van der Waals surface area contributed by atoms with Crippen LogP contribution < -0.4 is 5.32 Å². The Morgan fingerprint density at radius 1 is 1.09 bits per heavy atom. The highest BCUT2D eigenvalue weighted by Crippen LogP contribution is 2.61. The number of benzene rings is 1. The van der Waals surface area contributed by atoms with E-state index in [1.54, 1.807) is 0 Å². The van der Waals surface area contributed by atoms with E-state index in [4.69, 9.17) is 4.74 Å². The molecule has 1 aromatic carbocycles. The molecule has 0 radical (unpaired) electrons. The third-order valence-electron chi connectivity index (χ3n) is 9.05. The van der Waals surface area contributed by atoms with Gasteiger partial charge in [0.2, 0.25) is 5.91 Å². The highest BCUT2D eigenvalue weighted by molar-refractivity contribution is 5.99. The number of nitrogens with one attached hydrogen (secondary N) is 1. The van der Waals surface area contributed by atoms with Crippen LogP contribution in [-0.2, 0) is 14.3 Å². The Hall–Kier alpha value is -2.36. The number of piperidine rings is 1. The van der Waals surface area contributed by atoms with Crippen molar-refractivity contribution in [2.75, 3.05) is 0 Å². The minimum atomic E-state index is -0.169. The van der Waals surface area contributed by atoms with Gasteiger partial charge in [-0.05, 0) is 80.3 Å². The van der Waals surface area contributed by atoms with Gasteiger partial charge in [0.1, 0.15) is 6.10 Å². The second-order valence-corrected chi connectivity index (χ2v) is 10.9. The number of esters is 1. The lowest BCUT2D eigenvalue weighted by molar-refractivity contribution is -0.148. The average molecular weight is 434 g/mol. The largest absolute Gasteiger partial charge is 0.462 e. The number of ether oxygens (including phenoxy) is 1. The van der Waals surface area contributed by atoms with Gasteiger partial charge in [0.25, 0.3) is 0 Å². The van der Waals surface area contributed by atoms with Crippen molar-refractivity contribution >= 4 is 18.0 Å². The normalized spacial score (nSPS) is 39.8. The predicted molar refractivity (Wildman–Crippen MR) is 125 cm³/mol. The fraction of sp³-hybridized carbons (Fsp3) is 0.571. The lowest BCUT2D eigenvalue weighted by atomic mass is 9.48. The van der Waals surface area contributed by atoms with Crippen LogP contribution in [0, 0.1) is 23.2 Å². The summed E-state index contributed by atoms with van der Waals surface area (Å²) in [6.07, 6.45) is 11.6. The van der Waals surface area contributed by atoms with Crippen molar-refractivity contribution in [1.82, 2.24) is 5.32 Å². The standard InChI is InChI=1S/C28H35NO3/c1-18(30)32-22-11-13-27(2)21(17-22)9-10-23-24(27)12-14-28(3)25(23)16-20(26(31)29-28)15-19-7-5-4-6-8-19/h4-9,15,22-25H,10-14,16-17H2,1-3H3,(H,29,31)/b20-15-/t22-,23+,24-,25-,27-,28-/m0/s1. The Bertz CT molecular complexity index is 980. The van der Waals surface area contributed by atoms with Gasteiger partial charge >= 0.3 is 5.97 Å². The van der Waals surface area contributed by atoms with Gasteiger partial charge in [-0.15, -0.1) is 0 Å². The number of hydrogen-bond donors (Lipinski definition) is 1. The summed E-state index contributed by atoms with van der Waals surface area (Å²) in [6, 6.07) is 10.2. The summed E-state index contributed by atoms with van der Waals surface area (Å²) in [6.45, 7) is 6.23. The van der Waals surface area contributed by atoms with E-state index in [0.29, 0.717) is 17.8 Å². The van der Waals surface area contributed by atoms with Gasteiger partial charge in [-0.3, -0.25) is 9.59 Å². The zero-order valence-corrected chi connectivity index (χ0v) is 19.5. The smallest absolute Gasteiger partial charge is 0.302 e. The predicted octanol–water partition coefficient (Wildman–Crippen LogP) is 5.44. The van der Waals surface area contributed by atoms with E-state index < -0.39 is 0 Å². The lowest BCUT2D eigenvalue weighted by Crippen LogP contribution is -2.63. The van der Waals surface area contributed by atoms with E-state index in [2.05, 4.69) is 43.4 Å². The minimum Gasteiger partial charge on any atom is -0.462 e. The third kappa shape index (κ3) is 3.62. The molecule has 3 aliphatic carbocycles. The summed E-state index contributed by atoms with van der Waals surface area (Å²) in [7, 11) is 0. The van der Waals surface area contributed by atoms with Gasteiger partial charge in [-0.2, -0.15) is 0 Å². The molecule has 1 amide bonds.